The summed E-state index contributed by atoms with van der Waals surface area (Å²) in [5.74, 6) is -0.465. The fraction of sp³-hybridized carbons (Fsp3) is 0.522. The molecule has 3 atom stereocenters. The van der Waals surface area contributed by atoms with Gasteiger partial charge in [-0.15, -0.1) is 11.3 Å². The number of anilines is 2. The van der Waals surface area contributed by atoms with E-state index in [0.29, 0.717) is 48.4 Å². The van der Waals surface area contributed by atoms with E-state index in [0.717, 1.165) is 10.2 Å². The zero-order valence-corrected chi connectivity index (χ0v) is 19.4. The molecule has 2 saturated carbocycles. The number of halogens is 3. The Morgan fingerprint density at radius 1 is 1.18 bits per heavy atom. The zero-order valence-electron chi connectivity index (χ0n) is 18.6. The van der Waals surface area contributed by atoms with Gasteiger partial charge in [0.15, 0.2) is 0 Å². The first-order valence-corrected chi connectivity index (χ1v) is 12.2. The second-order valence-corrected chi connectivity index (χ2v) is 10.3. The highest BCUT2D eigenvalue weighted by atomic mass is 32.1. The summed E-state index contributed by atoms with van der Waals surface area (Å²) in [6.07, 6.45) is -2.08. The van der Waals surface area contributed by atoms with Crippen LogP contribution < -0.4 is 10.6 Å². The number of aromatic nitrogens is 3. The molecule has 182 valence electrons. The van der Waals surface area contributed by atoms with Gasteiger partial charge in [0.25, 0.3) is 0 Å². The van der Waals surface area contributed by atoms with E-state index in [1.165, 1.54) is 11.3 Å². The second-order valence-electron chi connectivity index (χ2n) is 9.29. The predicted molar refractivity (Wildman–Crippen MR) is 125 cm³/mol. The fourth-order valence-corrected chi connectivity index (χ4v) is 5.68. The number of nitrogens with zero attached hydrogens (tertiary/aromatic N) is 3. The molecule has 4 N–H and O–H groups in total. The molecule has 0 radical (unpaired) electrons. The third kappa shape index (κ3) is 4.69. The van der Waals surface area contributed by atoms with Crippen LogP contribution in [-0.4, -0.2) is 49.7 Å². The van der Waals surface area contributed by atoms with Crippen molar-refractivity contribution in [3.05, 3.63) is 30.0 Å². The molecule has 0 aliphatic heterocycles. The summed E-state index contributed by atoms with van der Waals surface area (Å²) in [6.45, 7) is 1.66. The van der Waals surface area contributed by atoms with Crippen LogP contribution in [0.3, 0.4) is 0 Å². The monoisotopic (exact) mass is 493 g/mol. The molecule has 2 fully saturated rings. The maximum absolute atomic E-state index is 13.6. The Kier molecular flexibility index (Phi) is 5.89. The molecule has 0 amide bonds. The minimum Gasteiger partial charge on any atom is -0.396 e. The van der Waals surface area contributed by atoms with Crippen LogP contribution in [-0.2, 0) is 0 Å². The molecule has 2 aliphatic carbocycles. The van der Waals surface area contributed by atoms with Crippen LogP contribution in [0.5, 0.6) is 0 Å². The molecular weight excluding hydrogens is 467 g/mol. The maximum atomic E-state index is 13.6. The van der Waals surface area contributed by atoms with E-state index >= 15 is 0 Å². The number of fused-ring (bicyclic) bond motifs is 1. The SMILES string of the molecule is Cc1nc(NC(C2CC2)C(F)(F)F)nc(NC2(O)CCC(CO)C2)c1-c1nc2ccccc2s1. The van der Waals surface area contributed by atoms with Crippen molar-refractivity contribution in [2.75, 3.05) is 17.2 Å². The lowest BCUT2D eigenvalue weighted by molar-refractivity contribution is -0.146. The van der Waals surface area contributed by atoms with E-state index < -0.39 is 23.9 Å². The van der Waals surface area contributed by atoms with Gasteiger partial charge in [-0.1, -0.05) is 12.1 Å². The van der Waals surface area contributed by atoms with Gasteiger partial charge >= 0.3 is 6.18 Å². The molecule has 2 aliphatic rings. The van der Waals surface area contributed by atoms with Crippen LogP contribution in [0.25, 0.3) is 20.8 Å². The summed E-state index contributed by atoms with van der Waals surface area (Å²) in [5, 5.41) is 26.8. The molecule has 11 heteroatoms. The standard InChI is InChI=1S/C23H26F3N5O2S/c1-12-17(20-28-15-4-2-3-5-16(15)34-20)19(31-22(33)9-8-13(10-22)11-32)30-21(27-12)29-18(14-6-7-14)23(24,25)26/h2-5,13-14,18,32-33H,6-11H2,1H3,(H2,27,29,30,31). The highest BCUT2D eigenvalue weighted by Gasteiger charge is 2.49. The normalized spacial score (nSPS) is 23.9. The molecule has 3 unspecified atom stereocenters. The number of para-hydroxylation sites is 1. The van der Waals surface area contributed by atoms with Crippen molar-refractivity contribution >= 4 is 33.3 Å². The Morgan fingerprint density at radius 2 is 1.94 bits per heavy atom. The first-order valence-electron chi connectivity index (χ1n) is 11.3. The third-order valence-electron chi connectivity index (χ3n) is 6.53. The van der Waals surface area contributed by atoms with Crippen LogP contribution in [0.4, 0.5) is 24.9 Å². The van der Waals surface area contributed by atoms with Gasteiger partial charge in [0.05, 0.1) is 21.5 Å². The van der Waals surface area contributed by atoms with Gasteiger partial charge in [-0.05, 0) is 63.0 Å². The first kappa shape index (κ1) is 23.3. The molecule has 7 nitrogen and oxygen atoms in total. The zero-order chi connectivity index (χ0) is 24.1. The molecule has 0 spiro atoms. The number of aryl methyl sites for hydroxylation is 1. The van der Waals surface area contributed by atoms with E-state index in [9.17, 15) is 23.4 Å². The molecule has 34 heavy (non-hydrogen) atoms. The maximum Gasteiger partial charge on any atom is 0.408 e. The van der Waals surface area contributed by atoms with Crippen LogP contribution in [0, 0.1) is 18.8 Å². The topological polar surface area (TPSA) is 103 Å². The number of aliphatic hydroxyl groups excluding tert-OH is 1. The van der Waals surface area contributed by atoms with Gasteiger partial charge in [-0.2, -0.15) is 18.2 Å². The number of hydrogen-bond acceptors (Lipinski definition) is 8. The number of hydrogen-bond donors (Lipinski definition) is 4. The predicted octanol–water partition coefficient (Wildman–Crippen LogP) is 4.71. The number of thiazole rings is 1. The lowest BCUT2D eigenvalue weighted by Crippen LogP contribution is -2.39. The minimum absolute atomic E-state index is 0.0427. The number of nitrogens with one attached hydrogen (secondary N) is 2. The van der Waals surface area contributed by atoms with E-state index in [-0.39, 0.29) is 24.3 Å². The van der Waals surface area contributed by atoms with Crippen molar-refractivity contribution in [2.45, 2.75) is 57.0 Å². The fourth-order valence-electron chi connectivity index (χ4n) is 4.61. The van der Waals surface area contributed by atoms with Gasteiger partial charge < -0.3 is 20.8 Å². The largest absolute Gasteiger partial charge is 0.408 e. The van der Waals surface area contributed by atoms with Gasteiger partial charge in [0.2, 0.25) is 5.95 Å². The third-order valence-corrected chi connectivity index (χ3v) is 7.58. The Morgan fingerprint density at radius 3 is 2.59 bits per heavy atom. The average molecular weight is 494 g/mol. The summed E-state index contributed by atoms with van der Waals surface area (Å²) in [4.78, 5) is 13.4. The Bertz CT molecular complexity index is 1170. The van der Waals surface area contributed by atoms with Gasteiger partial charge in [0, 0.05) is 6.61 Å². The Balaban J connectivity index is 1.56. The molecule has 5 rings (SSSR count). The lowest BCUT2D eigenvalue weighted by Gasteiger charge is -2.27. The van der Waals surface area contributed by atoms with Crippen molar-refractivity contribution in [3.63, 3.8) is 0 Å². The molecule has 2 aromatic heterocycles. The van der Waals surface area contributed by atoms with Crippen molar-refractivity contribution in [1.82, 2.24) is 15.0 Å². The highest BCUT2D eigenvalue weighted by Crippen LogP contribution is 2.43. The summed E-state index contributed by atoms with van der Waals surface area (Å²) in [7, 11) is 0. The quantitative estimate of drug-likeness (QED) is 0.354. The molecular formula is C23H26F3N5O2S. The molecule has 2 heterocycles. The smallest absolute Gasteiger partial charge is 0.396 e. The van der Waals surface area contributed by atoms with Crippen molar-refractivity contribution in [1.29, 1.82) is 0 Å². The highest BCUT2D eigenvalue weighted by molar-refractivity contribution is 7.21. The Labute approximate surface area is 198 Å². The number of benzene rings is 1. The lowest BCUT2D eigenvalue weighted by atomic mass is 10.1. The second kappa shape index (κ2) is 8.62. The van der Waals surface area contributed by atoms with Gasteiger partial charge in [-0.3, -0.25) is 0 Å². The minimum atomic E-state index is -4.42. The van der Waals surface area contributed by atoms with Crippen molar-refractivity contribution in [3.8, 4) is 10.6 Å². The Hall–Kier alpha value is -2.50. The van der Waals surface area contributed by atoms with Crippen molar-refractivity contribution in [2.24, 2.45) is 11.8 Å². The summed E-state index contributed by atoms with van der Waals surface area (Å²) in [5.41, 5.74) is 0.455. The molecule has 1 aromatic carbocycles. The summed E-state index contributed by atoms with van der Waals surface area (Å²) < 4.78 is 41.8. The van der Waals surface area contributed by atoms with Crippen molar-refractivity contribution < 1.29 is 23.4 Å². The van der Waals surface area contributed by atoms with E-state index in [4.69, 9.17) is 0 Å². The average Bonchev–Trinajstić information content (AvgIpc) is 3.40. The number of alkyl halides is 3. The first-order chi connectivity index (χ1) is 16.1. The number of aliphatic hydroxyl groups is 2. The van der Waals surface area contributed by atoms with Gasteiger partial charge in [-0.25, -0.2) is 9.97 Å². The molecule has 0 bridgehead atoms. The van der Waals surface area contributed by atoms with Gasteiger partial charge in [0.1, 0.15) is 22.6 Å². The molecule has 3 aromatic rings. The summed E-state index contributed by atoms with van der Waals surface area (Å²) in [6, 6.07) is 5.89. The number of rotatable bonds is 7. The van der Waals surface area contributed by atoms with Crippen LogP contribution in [0.15, 0.2) is 24.3 Å². The van der Waals surface area contributed by atoms with E-state index in [2.05, 4.69) is 25.6 Å². The summed E-state index contributed by atoms with van der Waals surface area (Å²) >= 11 is 1.43. The van der Waals surface area contributed by atoms with E-state index in [1.807, 2.05) is 24.3 Å². The van der Waals surface area contributed by atoms with Crippen LogP contribution >= 0.6 is 11.3 Å². The van der Waals surface area contributed by atoms with Crippen LogP contribution in [0.1, 0.15) is 37.8 Å². The molecule has 0 saturated heterocycles. The van der Waals surface area contributed by atoms with Crippen LogP contribution in [0.2, 0.25) is 0 Å². The van der Waals surface area contributed by atoms with E-state index in [1.54, 1.807) is 6.92 Å².